The highest BCUT2D eigenvalue weighted by atomic mass is 19.1. The first-order chi connectivity index (χ1) is 7.49. The molecule has 1 nitrogen and oxygen atoms in total. The number of benzene rings is 1. The molecule has 0 radical (unpaired) electrons. The van der Waals surface area contributed by atoms with Gasteiger partial charge in [0.1, 0.15) is 12.0 Å². The fraction of sp³-hybridized carbons (Fsp3) is 0.500. The third-order valence-corrected chi connectivity index (χ3v) is 3.92. The zero-order valence-electron chi connectivity index (χ0n) is 9.79. The Morgan fingerprint density at radius 1 is 1.38 bits per heavy atom. The summed E-state index contributed by atoms with van der Waals surface area (Å²) >= 11 is 0. The largest absolute Gasteiger partial charge is 0.298 e. The number of alkyl halides is 1. The maximum absolute atomic E-state index is 14.3. The summed E-state index contributed by atoms with van der Waals surface area (Å²) in [6, 6.07) is 7.36. The second kappa shape index (κ2) is 3.69. The van der Waals surface area contributed by atoms with E-state index in [9.17, 15) is 9.18 Å². The number of hydrogen-bond donors (Lipinski definition) is 0. The molecule has 0 bridgehead atoms. The summed E-state index contributed by atoms with van der Waals surface area (Å²) in [5, 5.41) is 0. The summed E-state index contributed by atoms with van der Waals surface area (Å²) in [6.45, 7) is 3.28. The van der Waals surface area contributed by atoms with E-state index in [2.05, 4.69) is 0 Å². The van der Waals surface area contributed by atoms with E-state index in [1.54, 1.807) is 19.9 Å². The molecule has 0 unspecified atom stereocenters. The van der Waals surface area contributed by atoms with Crippen molar-refractivity contribution in [2.45, 2.75) is 44.2 Å². The van der Waals surface area contributed by atoms with Gasteiger partial charge in [0.25, 0.3) is 0 Å². The Bertz CT molecular complexity index is 399. The summed E-state index contributed by atoms with van der Waals surface area (Å²) < 4.78 is 14.3. The number of carbonyl (C=O) groups excluding carboxylic acids is 1. The van der Waals surface area contributed by atoms with Gasteiger partial charge in [-0.15, -0.1) is 0 Å². The lowest BCUT2D eigenvalue weighted by molar-refractivity contribution is 0.0267. The van der Waals surface area contributed by atoms with Crippen molar-refractivity contribution in [2.24, 2.45) is 0 Å². The van der Waals surface area contributed by atoms with Crippen LogP contribution in [0.4, 0.5) is 4.39 Å². The first-order valence-corrected chi connectivity index (χ1v) is 5.74. The lowest BCUT2D eigenvalue weighted by atomic mass is 9.57. The molecule has 1 aliphatic carbocycles. The van der Waals surface area contributed by atoms with Gasteiger partial charge >= 0.3 is 0 Å². The number of aldehydes is 1. The second-order valence-electron chi connectivity index (χ2n) is 5.15. The monoisotopic (exact) mass is 220 g/mol. The zero-order valence-corrected chi connectivity index (χ0v) is 9.79. The molecule has 0 aromatic heterocycles. The van der Waals surface area contributed by atoms with E-state index in [4.69, 9.17) is 0 Å². The number of rotatable bonds is 3. The molecular formula is C14H17FO. The summed E-state index contributed by atoms with van der Waals surface area (Å²) in [6.07, 6.45) is 3.64. The fourth-order valence-corrected chi connectivity index (χ4v) is 2.67. The van der Waals surface area contributed by atoms with Crippen LogP contribution in [-0.2, 0) is 5.41 Å². The maximum Gasteiger partial charge on any atom is 0.150 e. The molecule has 0 amide bonds. The van der Waals surface area contributed by atoms with Crippen molar-refractivity contribution in [1.29, 1.82) is 0 Å². The van der Waals surface area contributed by atoms with E-state index >= 15 is 0 Å². The highest BCUT2D eigenvalue weighted by molar-refractivity contribution is 5.75. The third-order valence-electron chi connectivity index (χ3n) is 3.92. The fourth-order valence-electron chi connectivity index (χ4n) is 2.67. The van der Waals surface area contributed by atoms with Crippen LogP contribution in [0.5, 0.6) is 0 Å². The summed E-state index contributed by atoms with van der Waals surface area (Å²) in [5.41, 5.74) is -0.0115. The van der Waals surface area contributed by atoms with Gasteiger partial charge in [-0.2, -0.15) is 0 Å². The summed E-state index contributed by atoms with van der Waals surface area (Å²) in [4.78, 5) is 10.7. The highest BCUT2D eigenvalue weighted by Crippen LogP contribution is 2.52. The molecule has 1 aromatic carbocycles. The molecular weight excluding hydrogens is 203 g/mol. The van der Waals surface area contributed by atoms with Crippen LogP contribution in [0.3, 0.4) is 0 Å². The minimum Gasteiger partial charge on any atom is -0.298 e. The molecule has 0 saturated heterocycles. The highest BCUT2D eigenvalue weighted by Gasteiger charge is 2.51. The van der Waals surface area contributed by atoms with Crippen LogP contribution in [0.1, 0.15) is 49.0 Å². The first-order valence-electron chi connectivity index (χ1n) is 5.74. The molecule has 1 saturated carbocycles. The van der Waals surface area contributed by atoms with Crippen LogP contribution in [0.2, 0.25) is 0 Å². The van der Waals surface area contributed by atoms with Crippen molar-refractivity contribution in [2.75, 3.05) is 0 Å². The average Bonchev–Trinajstić information content (AvgIpc) is 2.14. The molecule has 16 heavy (non-hydrogen) atoms. The van der Waals surface area contributed by atoms with Gasteiger partial charge in [-0.05, 0) is 38.3 Å². The summed E-state index contributed by atoms with van der Waals surface area (Å²) in [7, 11) is 0. The van der Waals surface area contributed by atoms with E-state index in [1.165, 1.54) is 0 Å². The maximum atomic E-state index is 14.3. The summed E-state index contributed by atoms with van der Waals surface area (Å²) in [5.74, 6) is 0. The zero-order chi connectivity index (χ0) is 11.8. The Morgan fingerprint density at radius 2 is 2.06 bits per heavy atom. The SMILES string of the molecule is CC(C)(F)C1(c2cccc(C=O)c2)CCC1. The van der Waals surface area contributed by atoms with Crippen LogP contribution in [0, 0.1) is 0 Å². The predicted molar refractivity (Wildman–Crippen MR) is 62.5 cm³/mol. The van der Waals surface area contributed by atoms with E-state index < -0.39 is 5.67 Å². The van der Waals surface area contributed by atoms with Gasteiger partial charge in [-0.3, -0.25) is 4.79 Å². The second-order valence-corrected chi connectivity index (χ2v) is 5.15. The smallest absolute Gasteiger partial charge is 0.150 e. The van der Waals surface area contributed by atoms with Gasteiger partial charge in [-0.1, -0.05) is 24.6 Å². The van der Waals surface area contributed by atoms with Crippen LogP contribution >= 0.6 is 0 Å². The Labute approximate surface area is 95.7 Å². The Kier molecular flexibility index (Phi) is 2.61. The first kappa shape index (κ1) is 11.3. The lowest BCUT2D eigenvalue weighted by Crippen LogP contribution is -2.49. The Hall–Kier alpha value is -1.18. The molecule has 0 heterocycles. The van der Waals surface area contributed by atoms with Crippen molar-refractivity contribution in [3.8, 4) is 0 Å². The van der Waals surface area contributed by atoms with Gasteiger partial charge in [0.2, 0.25) is 0 Å². The topological polar surface area (TPSA) is 17.1 Å². The van der Waals surface area contributed by atoms with Crippen LogP contribution in [0.15, 0.2) is 24.3 Å². The van der Waals surface area contributed by atoms with Gasteiger partial charge < -0.3 is 0 Å². The number of halogens is 1. The average molecular weight is 220 g/mol. The van der Waals surface area contributed by atoms with Crippen molar-refractivity contribution < 1.29 is 9.18 Å². The van der Waals surface area contributed by atoms with Gasteiger partial charge in [0.05, 0.1) is 0 Å². The van der Waals surface area contributed by atoms with Gasteiger partial charge in [0.15, 0.2) is 0 Å². The number of hydrogen-bond acceptors (Lipinski definition) is 1. The molecule has 0 spiro atoms. The van der Waals surface area contributed by atoms with Crippen LogP contribution < -0.4 is 0 Å². The van der Waals surface area contributed by atoms with Gasteiger partial charge in [0, 0.05) is 11.0 Å². The van der Waals surface area contributed by atoms with E-state index in [0.717, 1.165) is 31.1 Å². The Morgan fingerprint density at radius 3 is 2.50 bits per heavy atom. The minimum atomic E-state index is -1.23. The van der Waals surface area contributed by atoms with E-state index in [-0.39, 0.29) is 5.41 Å². The molecule has 1 aromatic rings. The molecule has 2 heteroatoms. The standard InChI is InChI=1S/C14H17FO/c1-13(2,15)14(7-4-8-14)12-6-3-5-11(9-12)10-16/h3,5-6,9-10H,4,7-8H2,1-2H3. The van der Waals surface area contributed by atoms with Crippen LogP contribution in [0.25, 0.3) is 0 Å². The number of carbonyl (C=O) groups is 1. The minimum absolute atomic E-state index is 0.383. The molecule has 0 N–H and O–H groups in total. The van der Waals surface area contributed by atoms with Gasteiger partial charge in [-0.25, -0.2) is 4.39 Å². The normalized spacial score (nSPS) is 18.9. The Balaban J connectivity index is 2.45. The molecule has 2 rings (SSSR count). The van der Waals surface area contributed by atoms with E-state index in [1.807, 2.05) is 18.2 Å². The van der Waals surface area contributed by atoms with Crippen LogP contribution in [-0.4, -0.2) is 12.0 Å². The van der Waals surface area contributed by atoms with E-state index in [0.29, 0.717) is 5.56 Å². The van der Waals surface area contributed by atoms with Crippen molar-refractivity contribution in [3.05, 3.63) is 35.4 Å². The quantitative estimate of drug-likeness (QED) is 0.710. The third kappa shape index (κ3) is 1.57. The van der Waals surface area contributed by atoms with Crippen molar-refractivity contribution in [3.63, 3.8) is 0 Å². The molecule has 0 atom stereocenters. The molecule has 1 aliphatic rings. The predicted octanol–water partition coefficient (Wildman–Crippen LogP) is 3.67. The molecule has 0 aliphatic heterocycles. The van der Waals surface area contributed by atoms with Crippen molar-refractivity contribution >= 4 is 6.29 Å². The molecule has 86 valence electrons. The molecule has 1 fully saturated rings. The lowest BCUT2D eigenvalue weighted by Gasteiger charge is -2.49. The van der Waals surface area contributed by atoms with Crippen molar-refractivity contribution in [1.82, 2.24) is 0 Å².